The molecule has 3 atom stereocenters. The van der Waals surface area contributed by atoms with Crippen molar-refractivity contribution in [3.8, 4) is 0 Å². The van der Waals surface area contributed by atoms with Crippen LogP contribution in [0.2, 0.25) is 0 Å². The highest BCUT2D eigenvalue weighted by Crippen LogP contribution is 2.42. The van der Waals surface area contributed by atoms with Gasteiger partial charge in [-0.2, -0.15) is 0 Å². The largest absolute Gasteiger partial charge is 0.376 e. The molecule has 2 aliphatic rings. The Hall–Kier alpha value is -1.46. The summed E-state index contributed by atoms with van der Waals surface area (Å²) in [6.45, 7) is 6.37. The van der Waals surface area contributed by atoms with E-state index in [2.05, 4.69) is 17.1 Å². The molecule has 4 nitrogen and oxygen atoms in total. The summed E-state index contributed by atoms with van der Waals surface area (Å²) < 4.78 is 18.7. The fourth-order valence-electron chi connectivity index (χ4n) is 3.62. The summed E-state index contributed by atoms with van der Waals surface area (Å²) in [6.07, 6.45) is 3.28. The second-order valence-electron chi connectivity index (χ2n) is 6.83. The van der Waals surface area contributed by atoms with Gasteiger partial charge in [-0.05, 0) is 42.9 Å². The van der Waals surface area contributed by atoms with Crippen LogP contribution in [-0.2, 0) is 9.53 Å². The third-order valence-corrected chi connectivity index (χ3v) is 5.31. The van der Waals surface area contributed by atoms with E-state index in [9.17, 15) is 9.18 Å². The molecule has 0 spiro atoms. The number of nitrogens with one attached hydrogen (secondary N) is 1. The van der Waals surface area contributed by atoms with Gasteiger partial charge in [0, 0.05) is 32.1 Å². The molecular formula is C19H27FN2O2. The van der Waals surface area contributed by atoms with Crippen molar-refractivity contribution in [1.29, 1.82) is 0 Å². The number of rotatable bonds is 6. The van der Waals surface area contributed by atoms with Crippen LogP contribution in [0.5, 0.6) is 0 Å². The number of morpholine rings is 1. The molecule has 2 fully saturated rings. The molecule has 1 aliphatic heterocycles. The monoisotopic (exact) mass is 334 g/mol. The van der Waals surface area contributed by atoms with E-state index in [1.807, 2.05) is 0 Å². The number of ether oxygens (including phenoxy) is 1. The van der Waals surface area contributed by atoms with Crippen molar-refractivity contribution in [1.82, 2.24) is 10.2 Å². The molecule has 1 aliphatic carbocycles. The SMILES string of the molecule is CCC1CN(CCNC(=O)C2CCC2c2ccc(F)cc2)CCO1. The van der Waals surface area contributed by atoms with Crippen molar-refractivity contribution in [2.75, 3.05) is 32.8 Å². The number of halogens is 1. The Morgan fingerprint density at radius 1 is 1.33 bits per heavy atom. The van der Waals surface area contributed by atoms with E-state index >= 15 is 0 Å². The molecule has 0 radical (unpaired) electrons. The first-order chi connectivity index (χ1) is 11.7. The van der Waals surface area contributed by atoms with Gasteiger partial charge in [-0.1, -0.05) is 19.1 Å². The predicted molar refractivity (Wildman–Crippen MR) is 91.3 cm³/mol. The number of benzene rings is 1. The highest BCUT2D eigenvalue weighted by molar-refractivity contribution is 5.80. The zero-order valence-electron chi connectivity index (χ0n) is 14.3. The van der Waals surface area contributed by atoms with Gasteiger partial charge in [-0.3, -0.25) is 9.69 Å². The van der Waals surface area contributed by atoms with E-state index in [4.69, 9.17) is 4.74 Å². The molecule has 1 saturated carbocycles. The minimum atomic E-state index is -0.227. The van der Waals surface area contributed by atoms with E-state index < -0.39 is 0 Å². The molecule has 0 aromatic heterocycles. The molecular weight excluding hydrogens is 307 g/mol. The average Bonchev–Trinajstić information content (AvgIpc) is 2.56. The number of hydrogen-bond acceptors (Lipinski definition) is 3. The highest BCUT2D eigenvalue weighted by Gasteiger charge is 2.37. The fraction of sp³-hybridized carbons (Fsp3) is 0.632. The molecule has 1 N–H and O–H groups in total. The first-order valence-corrected chi connectivity index (χ1v) is 9.04. The van der Waals surface area contributed by atoms with Crippen LogP contribution in [0.25, 0.3) is 0 Å². The van der Waals surface area contributed by atoms with Gasteiger partial charge < -0.3 is 10.1 Å². The van der Waals surface area contributed by atoms with Gasteiger partial charge in [-0.25, -0.2) is 4.39 Å². The Kier molecular flexibility index (Phi) is 5.85. The van der Waals surface area contributed by atoms with Gasteiger partial charge >= 0.3 is 0 Å². The van der Waals surface area contributed by atoms with Crippen LogP contribution in [0.3, 0.4) is 0 Å². The lowest BCUT2D eigenvalue weighted by molar-refractivity contribution is -0.128. The Balaban J connectivity index is 1.43. The lowest BCUT2D eigenvalue weighted by Gasteiger charge is -2.36. The Labute approximate surface area is 143 Å². The minimum Gasteiger partial charge on any atom is -0.376 e. The van der Waals surface area contributed by atoms with Crippen LogP contribution in [0.4, 0.5) is 4.39 Å². The summed E-state index contributed by atoms with van der Waals surface area (Å²) in [7, 11) is 0. The van der Waals surface area contributed by atoms with Crippen LogP contribution in [0.1, 0.15) is 37.7 Å². The summed E-state index contributed by atoms with van der Waals surface area (Å²) in [6, 6.07) is 6.56. The zero-order valence-corrected chi connectivity index (χ0v) is 14.3. The maximum Gasteiger partial charge on any atom is 0.223 e. The van der Waals surface area contributed by atoms with Crippen molar-refractivity contribution >= 4 is 5.91 Å². The maximum absolute atomic E-state index is 13.0. The van der Waals surface area contributed by atoms with Gasteiger partial charge in [0.2, 0.25) is 5.91 Å². The fourth-order valence-corrected chi connectivity index (χ4v) is 3.62. The first kappa shape index (κ1) is 17.4. The van der Waals surface area contributed by atoms with Crippen LogP contribution in [0, 0.1) is 11.7 Å². The van der Waals surface area contributed by atoms with E-state index in [1.165, 1.54) is 12.1 Å². The van der Waals surface area contributed by atoms with Gasteiger partial charge in [0.05, 0.1) is 12.7 Å². The standard InChI is InChI=1S/C19H27FN2O2/c1-2-16-13-22(11-12-24-16)10-9-21-19(23)18-8-7-17(18)14-3-5-15(20)6-4-14/h3-6,16-18H,2,7-13H2,1H3,(H,21,23). The number of nitrogens with zero attached hydrogens (tertiary/aromatic N) is 1. The van der Waals surface area contributed by atoms with Crippen LogP contribution in [0.15, 0.2) is 24.3 Å². The van der Waals surface area contributed by atoms with Gasteiger partial charge in [0.25, 0.3) is 0 Å². The molecule has 1 aromatic carbocycles. The molecule has 3 unspecified atom stereocenters. The number of hydrogen-bond donors (Lipinski definition) is 1. The second-order valence-corrected chi connectivity index (χ2v) is 6.83. The molecule has 1 saturated heterocycles. The Bertz CT molecular complexity index is 549. The van der Waals surface area contributed by atoms with Crippen molar-refractivity contribution in [2.24, 2.45) is 5.92 Å². The van der Waals surface area contributed by atoms with Crippen molar-refractivity contribution < 1.29 is 13.9 Å². The quantitative estimate of drug-likeness (QED) is 0.869. The average molecular weight is 334 g/mol. The second kappa shape index (κ2) is 8.08. The first-order valence-electron chi connectivity index (χ1n) is 9.04. The summed E-state index contributed by atoms with van der Waals surface area (Å²) >= 11 is 0. The smallest absolute Gasteiger partial charge is 0.223 e. The van der Waals surface area contributed by atoms with Crippen LogP contribution in [-0.4, -0.2) is 49.7 Å². The van der Waals surface area contributed by atoms with E-state index in [0.29, 0.717) is 12.6 Å². The third kappa shape index (κ3) is 4.14. The van der Waals surface area contributed by atoms with Gasteiger partial charge in [-0.15, -0.1) is 0 Å². The summed E-state index contributed by atoms with van der Waals surface area (Å²) in [5, 5.41) is 3.08. The number of carbonyl (C=O) groups is 1. The highest BCUT2D eigenvalue weighted by atomic mass is 19.1. The Morgan fingerprint density at radius 3 is 2.79 bits per heavy atom. The molecule has 0 bridgehead atoms. The normalized spacial score (nSPS) is 27.5. The summed E-state index contributed by atoms with van der Waals surface area (Å²) in [5.74, 6) is 0.174. The van der Waals surface area contributed by atoms with E-state index in [1.54, 1.807) is 12.1 Å². The molecule has 3 rings (SSSR count). The molecule has 1 heterocycles. The lowest BCUT2D eigenvalue weighted by Crippen LogP contribution is -2.47. The molecule has 1 amide bonds. The number of amides is 1. The molecule has 1 aromatic rings. The zero-order chi connectivity index (χ0) is 16.9. The predicted octanol–water partition coefficient (Wildman–Crippen LogP) is 2.55. The van der Waals surface area contributed by atoms with Gasteiger partial charge in [0.15, 0.2) is 0 Å². The summed E-state index contributed by atoms with van der Waals surface area (Å²) in [4.78, 5) is 14.8. The lowest BCUT2D eigenvalue weighted by atomic mass is 9.69. The third-order valence-electron chi connectivity index (χ3n) is 5.31. The minimum absolute atomic E-state index is 0.0311. The molecule has 24 heavy (non-hydrogen) atoms. The van der Waals surface area contributed by atoms with Crippen molar-refractivity contribution in [2.45, 2.75) is 38.2 Å². The molecule has 132 valence electrons. The van der Waals surface area contributed by atoms with Crippen LogP contribution >= 0.6 is 0 Å². The Morgan fingerprint density at radius 2 is 2.12 bits per heavy atom. The van der Waals surface area contributed by atoms with E-state index in [-0.39, 0.29) is 23.6 Å². The number of carbonyl (C=O) groups excluding carboxylic acids is 1. The topological polar surface area (TPSA) is 41.6 Å². The van der Waals surface area contributed by atoms with Crippen LogP contribution < -0.4 is 5.32 Å². The van der Waals surface area contributed by atoms with E-state index in [0.717, 1.165) is 51.1 Å². The van der Waals surface area contributed by atoms with Crippen molar-refractivity contribution in [3.63, 3.8) is 0 Å². The summed E-state index contributed by atoms with van der Waals surface area (Å²) in [5.41, 5.74) is 1.07. The maximum atomic E-state index is 13.0. The van der Waals surface area contributed by atoms with Gasteiger partial charge in [0.1, 0.15) is 5.82 Å². The van der Waals surface area contributed by atoms with Crippen molar-refractivity contribution in [3.05, 3.63) is 35.6 Å². The molecule has 5 heteroatoms.